The Morgan fingerprint density at radius 3 is 1.95 bits per heavy atom. The van der Waals surface area contributed by atoms with Crippen LogP contribution in [0.2, 0.25) is 0 Å². The van der Waals surface area contributed by atoms with Gasteiger partial charge >= 0.3 is 0 Å². The predicted octanol–water partition coefficient (Wildman–Crippen LogP) is 5.76. The van der Waals surface area contributed by atoms with E-state index in [0.29, 0.717) is 0 Å². The molecule has 0 saturated heterocycles. The molecule has 0 N–H and O–H groups in total. The Kier molecular flexibility index (Phi) is 6.35. The van der Waals surface area contributed by atoms with Crippen LogP contribution in [0.4, 0.5) is 0 Å². The van der Waals surface area contributed by atoms with Crippen molar-refractivity contribution in [2.24, 2.45) is 0 Å². The summed E-state index contributed by atoms with van der Waals surface area (Å²) in [5, 5.41) is 0. The van der Waals surface area contributed by atoms with Crippen LogP contribution in [0.15, 0.2) is 54.6 Å². The molecule has 0 unspecified atom stereocenters. The Hall–Kier alpha value is -1.56. The lowest BCUT2D eigenvalue weighted by atomic mass is 10.1. The zero-order valence-corrected chi connectivity index (χ0v) is 11.4. The van der Waals surface area contributed by atoms with Gasteiger partial charge in [0, 0.05) is 0 Å². The summed E-state index contributed by atoms with van der Waals surface area (Å²) in [4.78, 5) is 0. The van der Waals surface area contributed by atoms with Crippen LogP contribution in [0.1, 0.15) is 49.8 Å². The number of hydrogen-bond donors (Lipinski definition) is 0. The van der Waals surface area contributed by atoms with E-state index in [4.69, 9.17) is 0 Å². The molecule has 1 aliphatic rings. The summed E-state index contributed by atoms with van der Waals surface area (Å²) in [6, 6.07) is 19.2. The van der Waals surface area contributed by atoms with Gasteiger partial charge in [-0.25, -0.2) is 0 Å². The van der Waals surface area contributed by atoms with E-state index >= 15 is 0 Å². The highest BCUT2D eigenvalue weighted by Gasteiger charge is 2.22. The maximum absolute atomic E-state index is 2.22. The third kappa shape index (κ3) is 4.90. The van der Waals surface area contributed by atoms with E-state index in [1.165, 1.54) is 29.5 Å². The maximum Gasteiger partial charge on any atom is -0.0162 e. The Balaban J connectivity index is 0.000000180. The molecular formula is C19H26. The van der Waals surface area contributed by atoms with E-state index < -0.39 is 0 Å². The number of aryl methyl sites for hydroxylation is 2. The van der Waals surface area contributed by atoms with Gasteiger partial charge in [-0.2, -0.15) is 0 Å². The van der Waals surface area contributed by atoms with E-state index in [1.807, 2.05) is 0 Å². The molecule has 0 radical (unpaired) electrons. The number of benzene rings is 2. The summed E-state index contributed by atoms with van der Waals surface area (Å²) in [5.41, 5.74) is 4.38. The lowest BCUT2D eigenvalue weighted by Crippen LogP contribution is -1.82. The molecule has 19 heavy (non-hydrogen) atoms. The molecule has 0 heteroatoms. The molecule has 0 amide bonds. The van der Waals surface area contributed by atoms with Gasteiger partial charge in [0.2, 0.25) is 0 Å². The van der Waals surface area contributed by atoms with E-state index in [1.54, 1.807) is 0 Å². The van der Waals surface area contributed by atoms with Crippen LogP contribution in [0, 0.1) is 6.92 Å². The molecule has 0 spiro atoms. The minimum absolute atomic E-state index is 0. The van der Waals surface area contributed by atoms with Crippen LogP contribution in [-0.4, -0.2) is 0 Å². The van der Waals surface area contributed by atoms with Gasteiger partial charge < -0.3 is 0 Å². The molecule has 1 aliphatic carbocycles. The first-order chi connectivity index (χ1) is 8.81. The fraction of sp³-hybridized carbons (Fsp3) is 0.368. The van der Waals surface area contributed by atoms with Crippen molar-refractivity contribution >= 4 is 0 Å². The zero-order valence-electron chi connectivity index (χ0n) is 11.4. The first-order valence-electron chi connectivity index (χ1n) is 6.90. The summed E-state index contributed by atoms with van der Waals surface area (Å²) < 4.78 is 0. The first-order valence-corrected chi connectivity index (χ1v) is 6.90. The third-order valence-corrected chi connectivity index (χ3v) is 3.49. The fourth-order valence-electron chi connectivity index (χ4n) is 2.15. The van der Waals surface area contributed by atoms with Gasteiger partial charge in [-0.05, 0) is 48.8 Å². The molecule has 0 bridgehead atoms. The Morgan fingerprint density at radius 2 is 1.47 bits per heavy atom. The Morgan fingerprint density at radius 1 is 0.895 bits per heavy atom. The monoisotopic (exact) mass is 254 g/mol. The van der Waals surface area contributed by atoms with Crippen LogP contribution in [0.5, 0.6) is 0 Å². The van der Waals surface area contributed by atoms with Gasteiger partial charge in [-0.3, -0.25) is 0 Å². The van der Waals surface area contributed by atoms with E-state index in [-0.39, 0.29) is 7.43 Å². The second-order valence-corrected chi connectivity index (χ2v) is 4.96. The van der Waals surface area contributed by atoms with Crippen molar-refractivity contribution < 1.29 is 0 Å². The van der Waals surface area contributed by atoms with Gasteiger partial charge in [0.1, 0.15) is 0 Å². The van der Waals surface area contributed by atoms with Gasteiger partial charge in [0.05, 0.1) is 0 Å². The molecule has 3 rings (SSSR count). The first kappa shape index (κ1) is 15.5. The number of hydrogen-bond acceptors (Lipinski definition) is 0. The average Bonchev–Trinajstić information content (AvgIpc) is 3.26. The summed E-state index contributed by atoms with van der Waals surface area (Å²) in [5.74, 6) is 0.909. The highest BCUT2D eigenvalue weighted by atomic mass is 14.3. The molecule has 2 aromatic carbocycles. The van der Waals surface area contributed by atoms with E-state index in [2.05, 4.69) is 68.4 Å². The highest BCUT2D eigenvalue weighted by molar-refractivity contribution is 5.25. The minimum Gasteiger partial charge on any atom is -0.0776 e. The average molecular weight is 254 g/mol. The van der Waals surface area contributed by atoms with Crippen molar-refractivity contribution in [2.45, 2.75) is 46.5 Å². The van der Waals surface area contributed by atoms with Crippen molar-refractivity contribution in [1.29, 1.82) is 0 Å². The van der Waals surface area contributed by atoms with Crippen LogP contribution >= 0.6 is 0 Å². The van der Waals surface area contributed by atoms with E-state index in [9.17, 15) is 0 Å². The van der Waals surface area contributed by atoms with Crippen molar-refractivity contribution in [2.75, 3.05) is 0 Å². The van der Waals surface area contributed by atoms with Crippen molar-refractivity contribution in [1.82, 2.24) is 0 Å². The molecule has 1 saturated carbocycles. The summed E-state index contributed by atoms with van der Waals surface area (Å²) >= 11 is 0. The molecule has 2 aromatic rings. The molecule has 0 nitrogen and oxygen atoms in total. The minimum atomic E-state index is 0. The second kappa shape index (κ2) is 7.78. The molecule has 102 valence electrons. The SMILES string of the molecule is C.CCc1ccccc1C.c1ccc(C2CC2)cc1. The normalized spacial score (nSPS) is 12.9. The van der Waals surface area contributed by atoms with Crippen molar-refractivity contribution in [3.63, 3.8) is 0 Å². The molecule has 0 heterocycles. The second-order valence-electron chi connectivity index (χ2n) is 4.96. The summed E-state index contributed by atoms with van der Waals surface area (Å²) in [7, 11) is 0. The van der Waals surface area contributed by atoms with Gasteiger partial charge in [-0.1, -0.05) is 68.9 Å². The maximum atomic E-state index is 2.22. The number of rotatable bonds is 2. The lowest BCUT2D eigenvalue weighted by molar-refractivity contribution is 1.11. The summed E-state index contributed by atoms with van der Waals surface area (Å²) in [6.07, 6.45) is 3.96. The molecule has 1 fully saturated rings. The smallest absolute Gasteiger partial charge is 0.0162 e. The van der Waals surface area contributed by atoms with Crippen molar-refractivity contribution in [3.05, 3.63) is 71.3 Å². The van der Waals surface area contributed by atoms with Crippen LogP contribution in [0.25, 0.3) is 0 Å². The largest absolute Gasteiger partial charge is 0.0776 e. The Labute approximate surface area is 118 Å². The molecule has 0 aromatic heterocycles. The molecular weight excluding hydrogens is 228 g/mol. The fourth-order valence-corrected chi connectivity index (χ4v) is 2.15. The molecule has 0 aliphatic heterocycles. The van der Waals surface area contributed by atoms with Gasteiger partial charge in [0.25, 0.3) is 0 Å². The van der Waals surface area contributed by atoms with Gasteiger partial charge in [0.15, 0.2) is 0 Å². The Bertz CT molecular complexity index is 466. The third-order valence-electron chi connectivity index (χ3n) is 3.49. The van der Waals surface area contributed by atoms with Crippen LogP contribution < -0.4 is 0 Å². The van der Waals surface area contributed by atoms with Crippen molar-refractivity contribution in [3.8, 4) is 0 Å². The highest BCUT2D eigenvalue weighted by Crippen LogP contribution is 2.39. The standard InChI is InChI=1S/C9H10.C9H12.CH4/c1-2-4-8(5-3-1)9-6-7-9;1-3-9-7-5-4-6-8(9)2;/h1-5,9H,6-7H2;4-7H,3H2,1-2H3;1H4. The molecule has 0 atom stereocenters. The predicted molar refractivity (Wildman–Crippen MR) is 85.7 cm³/mol. The zero-order chi connectivity index (χ0) is 12.8. The quantitative estimate of drug-likeness (QED) is 0.639. The van der Waals surface area contributed by atoms with Crippen LogP contribution in [0.3, 0.4) is 0 Å². The van der Waals surface area contributed by atoms with Crippen LogP contribution in [-0.2, 0) is 6.42 Å². The lowest BCUT2D eigenvalue weighted by Gasteiger charge is -1.98. The van der Waals surface area contributed by atoms with E-state index in [0.717, 1.165) is 12.3 Å². The summed E-state index contributed by atoms with van der Waals surface area (Å²) in [6.45, 7) is 4.33. The van der Waals surface area contributed by atoms with Gasteiger partial charge in [-0.15, -0.1) is 0 Å². The topological polar surface area (TPSA) is 0 Å².